The zero-order valence-corrected chi connectivity index (χ0v) is 9.19. The maximum absolute atomic E-state index is 9.95. The molecule has 6 heteroatoms. The summed E-state index contributed by atoms with van der Waals surface area (Å²) in [7, 11) is -3.64. The molecule has 0 radical (unpaired) electrons. The monoisotopic (exact) mass is 220 g/mol. The Balaban J connectivity index is 0. The van der Waals surface area contributed by atoms with Crippen molar-refractivity contribution in [1.82, 2.24) is 0 Å². The van der Waals surface area contributed by atoms with Crippen molar-refractivity contribution in [3.05, 3.63) is 0 Å². The van der Waals surface area contributed by atoms with Crippen molar-refractivity contribution < 1.29 is 12.6 Å². The fourth-order valence-corrected chi connectivity index (χ4v) is 2.22. The third kappa shape index (κ3) is 13.7. The third-order valence-corrected chi connectivity index (χ3v) is 3.51. The van der Waals surface area contributed by atoms with Gasteiger partial charge in [-0.1, -0.05) is 25.7 Å². The topological polar surface area (TPSA) is 43.4 Å². The minimum absolute atomic E-state index is 0. The van der Waals surface area contributed by atoms with Gasteiger partial charge in [0, 0.05) is 8.07 Å². The van der Waals surface area contributed by atoms with E-state index in [4.69, 9.17) is 0 Å². The summed E-state index contributed by atoms with van der Waals surface area (Å²) < 4.78 is 24.3. The van der Waals surface area contributed by atoms with Crippen LogP contribution in [0.15, 0.2) is 0 Å². The van der Waals surface area contributed by atoms with Crippen molar-refractivity contribution in [3.8, 4) is 0 Å². The van der Waals surface area contributed by atoms with E-state index >= 15 is 0 Å². The van der Waals surface area contributed by atoms with Gasteiger partial charge in [0.15, 0.2) is 0 Å². The number of thiol groups is 1. The van der Waals surface area contributed by atoms with Crippen LogP contribution in [0.4, 0.5) is 0 Å². The summed E-state index contributed by atoms with van der Waals surface area (Å²) in [6, 6.07) is 1.12. The molecule has 0 aliphatic heterocycles. The van der Waals surface area contributed by atoms with Gasteiger partial charge in [-0.25, -0.2) is 8.42 Å². The van der Waals surface area contributed by atoms with Crippen LogP contribution in [0.5, 0.6) is 0 Å². The molecule has 0 amide bonds. The molecule has 0 N–H and O–H groups in total. The van der Waals surface area contributed by atoms with E-state index in [0.29, 0.717) is 6.61 Å². The molecule has 3 nitrogen and oxygen atoms in total. The fraction of sp³-hybridized carbons (Fsp3) is 1.00. The van der Waals surface area contributed by atoms with Gasteiger partial charge in [0.2, 0.25) is 0 Å². The molecule has 0 saturated heterocycles. The molecule has 0 atom stereocenters. The molecule has 0 spiro atoms. The summed E-state index contributed by atoms with van der Waals surface area (Å²) in [6.45, 7) is 7.11. The Bertz CT molecular complexity index is 168. The van der Waals surface area contributed by atoms with E-state index in [9.17, 15) is 8.42 Å². The van der Waals surface area contributed by atoms with Crippen molar-refractivity contribution in [1.29, 1.82) is 0 Å². The standard InChI is InChI=1S/C6H16O3SSi.Na.H/c1-11(2,3)6-4-5-9-10(7)8;;/h10H,4-6H2,1-3H3;;. The molecule has 0 fully saturated rings. The number of hydrogen-bond acceptors (Lipinski definition) is 3. The quantitative estimate of drug-likeness (QED) is 0.419. The summed E-state index contributed by atoms with van der Waals surface area (Å²) in [5.41, 5.74) is 0. The van der Waals surface area contributed by atoms with Crippen LogP contribution in [0.3, 0.4) is 0 Å². The summed E-state index contributed by atoms with van der Waals surface area (Å²) in [5.74, 6) is 0. The zero-order valence-electron chi connectivity index (χ0n) is 7.29. The Morgan fingerprint density at radius 2 is 1.75 bits per heavy atom. The van der Waals surface area contributed by atoms with Crippen LogP contribution in [0.1, 0.15) is 6.42 Å². The van der Waals surface area contributed by atoms with Gasteiger partial charge >= 0.3 is 29.6 Å². The number of hydrogen-bond donors (Lipinski definition) is 1. The molecule has 0 bridgehead atoms. The normalized spacial score (nSPS) is 11.3. The van der Waals surface area contributed by atoms with Crippen molar-refractivity contribution in [2.45, 2.75) is 32.1 Å². The Morgan fingerprint density at radius 1 is 1.25 bits per heavy atom. The van der Waals surface area contributed by atoms with E-state index in [2.05, 4.69) is 23.8 Å². The molecule has 0 aliphatic carbocycles. The van der Waals surface area contributed by atoms with Crippen molar-refractivity contribution in [3.63, 3.8) is 0 Å². The summed E-state index contributed by atoms with van der Waals surface area (Å²) >= 11 is 0. The third-order valence-electron chi connectivity index (χ3n) is 1.27. The Labute approximate surface area is 99.3 Å². The molecule has 0 aromatic carbocycles. The van der Waals surface area contributed by atoms with Crippen LogP contribution in [0, 0.1) is 0 Å². The van der Waals surface area contributed by atoms with E-state index in [0.717, 1.165) is 12.5 Å². The van der Waals surface area contributed by atoms with Gasteiger partial charge in [-0.2, -0.15) is 0 Å². The van der Waals surface area contributed by atoms with Gasteiger partial charge in [-0.3, -0.25) is 4.18 Å². The molecule has 0 rings (SSSR count). The molecule has 70 valence electrons. The first-order valence-electron chi connectivity index (χ1n) is 3.69. The second kappa shape index (κ2) is 7.52. The fourth-order valence-electron chi connectivity index (χ4n) is 0.742. The summed E-state index contributed by atoms with van der Waals surface area (Å²) in [5, 5.41) is 0. The van der Waals surface area contributed by atoms with Crippen LogP contribution >= 0.6 is 0 Å². The van der Waals surface area contributed by atoms with E-state index < -0.39 is 19.1 Å². The molecule has 0 aromatic rings. The van der Waals surface area contributed by atoms with E-state index in [1.54, 1.807) is 0 Å². The Hall–Kier alpha value is 1.13. The molecule has 0 saturated carbocycles. The van der Waals surface area contributed by atoms with E-state index in [1.165, 1.54) is 0 Å². The SMILES string of the molecule is C[Si](C)(C)CCCO[SH](=O)=O.[NaH]. The molecular formula is C6H17NaO3SSi. The van der Waals surface area contributed by atoms with Crippen molar-refractivity contribution >= 4 is 48.6 Å². The predicted octanol–water partition coefficient (Wildman–Crippen LogP) is 0.609. The van der Waals surface area contributed by atoms with Gasteiger partial charge < -0.3 is 0 Å². The first kappa shape index (κ1) is 15.6. The maximum atomic E-state index is 9.95. The summed E-state index contributed by atoms with van der Waals surface area (Å²) in [6.07, 6.45) is 0.860. The molecular weight excluding hydrogens is 203 g/mol. The van der Waals surface area contributed by atoms with Crippen LogP contribution in [0.25, 0.3) is 0 Å². The molecule has 0 unspecified atom stereocenters. The van der Waals surface area contributed by atoms with Gasteiger partial charge in [-0.05, 0) is 6.42 Å². The summed E-state index contributed by atoms with van der Waals surface area (Å²) in [4.78, 5) is 0. The predicted molar refractivity (Wildman–Crippen MR) is 56.2 cm³/mol. The minimum atomic E-state index is -2.63. The van der Waals surface area contributed by atoms with E-state index in [1.807, 2.05) is 0 Å². The van der Waals surface area contributed by atoms with Gasteiger partial charge in [0.05, 0.1) is 6.61 Å². The number of rotatable bonds is 5. The molecule has 12 heavy (non-hydrogen) atoms. The first-order chi connectivity index (χ1) is 4.92. The van der Waals surface area contributed by atoms with Crippen molar-refractivity contribution in [2.24, 2.45) is 0 Å². The second-order valence-corrected chi connectivity index (χ2v) is 10.0. The first-order valence-corrected chi connectivity index (χ1v) is 8.49. The Morgan fingerprint density at radius 3 is 2.08 bits per heavy atom. The second-order valence-electron chi connectivity index (χ2n) is 3.72. The molecule has 0 aliphatic rings. The van der Waals surface area contributed by atoms with Crippen molar-refractivity contribution in [2.75, 3.05) is 6.61 Å². The average molecular weight is 220 g/mol. The Kier molecular flexibility index (Phi) is 9.78. The molecule has 0 aromatic heterocycles. The van der Waals surface area contributed by atoms with Gasteiger partial charge in [0.1, 0.15) is 0 Å². The van der Waals surface area contributed by atoms with Crippen LogP contribution in [-0.4, -0.2) is 52.7 Å². The zero-order chi connectivity index (χ0) is 8.91. The van der Waals surface area contributed by atoms with Crippen LogP contribution < -0.4 is 0 Å². The van der Waals surface area contributed by atoms with Crippen LogP contribution in [0.2, 0.25) is 25.7 Å². The molecule has 0 heterocycles. The van der Waals surface area contributed by atoms with Gasteiger partial charge in [0.25, 0.3) is 11.0 Å². The van der Waals surface area contributed by atoms with E-state index in [-0.39, 0.29) is 29.6 Å². The van der Waals surface area contributed by atoms with Gasteiger partial charge in [-0.15, -0.1) is 0 Å². The van der Waals surface area contributed by atoms with Crippen LogP contribution in [-0.2, 0) is 15.2 Å². The average Bonchev–Trinajstić information content (AvgIpc) is 1.78.